The van der Waals surface area contributed by atoms with Crippen LogP contribution < -0.4 is 4.74 Å². The predicted molar refractivity (Wildman–Crippen MR) is 127 cm³/mol. The number of carbonyl (C=O) groups is 1. The third-order valence-corrected chi connectivity index (χ3v) is 6.52. The van der Waals surface area contributed by atoms with Crippen molar-refractivity contribution in [3.63, 3.8) is 0 Å². The Morgan fingerprint density at radius 1 is 1.29 bits per heavy atom. The summed E-state index contributed by atoms with van der Waals surface area (Å²) < 4.78 is 13.2. The van der Waals surface area contributed by atoms with E-state index in [-0.39, 0.29) is 24.0 Å². The van der Waals surface area contributed by atoms with Gasteiger partial charge in [-0.2, -0.15) is 0 Å². The standard InChI is InChI=1S/C25H28BrClO4/c1-4-5-23-20(16-6-9-18(27)10-7-16)13-19(15(2)3)25(31-23)21-12-17(26)8-11-22(21)30-14-24(28)29/h6-12,19-20,23,25H,2,4-5,13-14H2,1,3H3,(H,28,29)/t19-,20-,23+,25+/m1/s1. The first-order valence-electron chi connectivity index (χ1n) is 10.5. The summed E-state index contributed by atoms with van der Waals surface area (Å²) in [5, 5.41) is 9.79. The van der Waals surface area contributed by atoms with Crippen molar-refractivity contribution in [1.82, 2.24) is 0 Å². The molecule has 1 aliphatic rings. The smallest absolute Gasteiger partial charge is 0.341 e. The third-order valence-electron chi connectivity index (χ3n) is 5.78. The number of rotatable bonds is 8. The molecule has 0 amide bonds. The third kappa shape index (κ3) is 5.91. The van der Waals surface area contributed by atoms with Gasteiger partial charge in [0.15, 0.2) is 6.61 Å². The van der Waals surface area contributed by atoms with Crippen LogP contribution in [0.4, 0.5) is 0 Å². The normalized spacial score (nSPS) is 23.4. The quantitative estimate of drug-likeness (QED) is 0.385. The van der Waals surface area contributed by atoms with Gasteiger partial charge in [0, 0.05) is 26.9 Å². The number of hydrogen-bond donors (Lipinski definition) is 1. The summed E-state index contributed by atoms with van der Waals surface area (Å²) in [5.74, 6) is -0.190. The van der Waals surface area contributed by atoms with Gasteiger partial charge in [0.1, 0.15) is 5.75 Å². The molecule has 1 heterocycles. The Kier molecular flexibility index (Phi) is 8.20. The highest BCUT2D eigenvalue weighted by atomic mass is 79.9. The average molecular weight is 508 g/mol. The van der Waals surface area contributed by atoms with Crippen LogP contribution in [-0.2, 0) is 9.53 Å². The minimum atomic E-state index is -1.01. The zero-order valence-electron chi connectivity index (χ0n) is 17.8. The molecular weight excluding hydrogens is 480 g/mol. The van der Waals surface area contributed by atoms with Crippen LogP contribution in [0.25, 0.3) is 0 Å². The van der Waals surface area contributed by atoms with E-state index in [0.717, 1.165) is 39.9 Å². The molecule has 4 atom stereocenters. The second-order valence-electron chi connectivity index (χ2n) is 8.09. The number of carboxylic acids is 1. The Morgan fingerprint density at radius 3 is 2.61 bits per heavy atom. The summed E-state index contributed by atoms with van der Waals surface area (Å²) in [7, 11) is 0. The van der Waals surface area contributed by atoms with E-state index in [9.17, 15) is 4.79 Å². The molecule has 2 aromatic carbocycles. The maximum atomic E-state index is 11.1. The van der Waals surface area contributed by atoms with Gasteiger partial charge in [-0.05, 0) is 55.7 Å². The van der Waals surface area contributed by atoms with Gasteiger partial charge in [-0.15, -0.1) is 0 Å². The van der Waals surface area contributed by atoms with Crippen molar-refractivity contribution in [2.24, 2.45) is 5.92 Å². The highest BCUT2D eigenvalue weighted by Gasteiger charge is 2.40. The van der Waals surface area contributed by atoms with Gasteiger partial charge in [0.05, 0.1) is 12.2 Å². The molecule has 0 radical (unpaired) electrons. The zero-order valence-corrected chi connectivity index (χ0v) is 20.2. The van der Waals surface area contributed by atoms with E-state index in [4.69, 9.17) is 26.2 Å². The van der Waals surface area contributed by atoms with Crippen molar-refractivity contribution in [2.75, 3.05) is 6.61 Å². The minimum Gasteiger partial charge on any atom is -0.482 e. The van der Waals surface area contributed by atoms with Gasteiger partial charge in [-0.3, -0.25) is 0 Å². The fourth-order valence-electron chi connectivity index (χ4n) is 4.30. The molecule has 0 unspecified atom stereocenters. The molecule has 0 aliphatic carbocycles. The van der Waals surface area contributed by atoms with Crippen LogP contribution in [-0.4, -0.2) is 23.8 Å². The second kappa shape index (κ2) is 10.7. The summed E-state index contributed by atoms with van der Waals surface area (Å²) in [6, 6.07) is 13.6. The highest BCUT2D eigenvalue weighted by Crippen LogP contribution is 2.49. The molecular formula is C25H28BrClO4. The van der Waals surface area contributed by atoms with Crippen molar-refractivity contribution in [3.05, 3.63) is 75.2 Å². The van der Waals surface area contributed by atoms with Crippen LogP contribution in [0, 0.1) is 5.92 Å². The van der Waals surface area contributed by atoms with Crippen molar-refractivity contribution < 1.29 is 19.4 Å². The number of ether oxygens (including phenoxy) is 2. The van der Waals surface area contributed by atoms with Gasteiger partial charge in [-0.1, -0.05) is 65.2 Å². The summed E-state index contributed by atoms with van der Waals surface area (Å²) in [6.07, 6.45) is 2.57. The minimum absolute atomic E-state index is 0.0260. The van der Waals surface area contributed by atoms with Gasteiger partial charge in [-0.25, -0.2) is 4.79 Å². The Bertz CT molecular complexity index is 928. The van der Waals surface area contributed by atoms with E-state index >= 15 is 0 Å². The number of hydrogen-bond acceptors (Lipinski definition) is 3. The van der Waals surface area contributed by atoms with Crippen molar-refractivity contribution >= 4 is 33.5 Å². The number of carboxylic acid groups (broad SMARTS) is 1. The predicted octanol–water partition coefficient (Wildman–Crippen LogP) is 7.17. The molecule has 1 N–H and O–H groups in total. The van der Waals surface area contributed by atoms with Gasteiger partial charge < -0.3 is 14.6 Å². The Balaban J connectivity index is 1.99. The maximum Gasteiger partial charge on any atom is 0.341 e. The zero-order chi connectivity index (χ0) is 22.5. The first kappa shape index (κ1) is 23.8. The van der Waals surface area contributed by atoms with E-state index < -0.39 is 12.6 Å². The molecule has 0 bridgehead atoms. The number of benzene rings is 2. The lowest BCUT2D eigenvalue weighted by atomic mass is 9.74. The molecule has 1 saturated heterocycles. The van der Waals surface area contributed by atoms with Gasteiger partial charge in [0.2, 0.25) is 0 Å². The molecule has 0 saturated carbocycles. The Hall–Kier alpha value is -1.82. The number of halogens is 2. The first-order valence-corrected chi connectivity index (χ1v) is 11.7. The number of aliphatic carboxylic acids is 1. The summed E-state index contributed by atoms with van der Waals surface area (Å²) >= 11 is 9.65. The highest BCUT2D eigenvalue weighted by molar-refractivity contribution is 9.10. The molecule has 1 aliphatic heterocycles. The summed E-state index contributed by atoms with van der Waals surface area (Å²) in [6.45, 7) is 8.03. The van der Waals surface area contributed by atoms with Crippen LogP contribution >= 0.6 is 27.5 Å². The SMILES string of the molecule is C=C(C)[C@H]1C[C@H](c2ccc(Cl)cc2)[C@H](CCC)O[C@@H]1c1cc(Br)ccc1OCC(=O)O. The van der Waals surface area contributed by atoms with Crippen LogP contribution in [0.15, 0.2) is 59.1 Å². The summed E-state index contributed by atoms with van der Waals surface area (Å²) in [4.78, 5) is 11.1. The fraction of sp³-hybridized carbons (Fsp3) is 0.400. The average Bonchev–Trinajstić information content (AvgIpc) is 2.73. The lowest BCUT2D eigenvalue weighted by Gasteiger charge is -2.43. The van der Waals surface area contributed by atoms with Crippen LogP contribution in [0.3, 0.4) is 0 Å². The van der Waals surface area contributed by atoms with Crippen LogP contribution in [0.2, 0.25) is 5.02 Å². The molecule has 1 fully saturated rings. The molecule has 166 valence electrons. The lowest BCUT2D eigenvalue weighted by Crippen LogP contribution is -2.36. The van der Waals surface area contributed by atoms with E-state index in [1.807, 2.05) is 31.2 Å². The summed E-state index contributed by atoms with van der Waals surface area (Å²) in [5.41, 5.74) is 3.09. The Labute approximate surface area is 197 Å². The molecule has 6 heteroatoms. The topological polar surface area (TPSA) is 55.8 Å². The lowest BCUT2D eigenvalue weighted by molar-refractivity contribution is -0.139. The van der Waals surface area contributed by atoms with Crippen molar-refractivity contribution in [1.29, 1.82) is 0 Å². The first-order chi connectivity index (χ1) is 14.8. The fourth-order valence-corrected chi connectivity index (χ4v) is 4.81. The van der Waals surface area contributed by atoms with Crippen LogP contribution in [0.1, 0.15) is 56.3 Å². The van der Waals surface area contributed by atoms with E-state index in [2.05, 4.69) is 41.6 Å². The molecule has 3 rings (SSSR count). The van der Waals surface area contributed by atoms with E-state index in [0.29, 0.717) is 5.75 Å². The van der Waals surface area contributed by atoms with E-state index in [1.54, 1.807) is 6.07 Å². The second-order valence-corrected chi connectivity index (χ2v) is 9.45. The molecule has 0 aromatic heterocycles. The van der Waals surface area contributed by atoms with Crippen LogP contribution in [0.5, 0.6) is 5.75 Å². The molecule has 2 aromatic rings. The molecule has 4 nitrogen and oxygen atoms in total. The van der Waals surface area contributed by atoms with Crippen molar-refractivity contribution in [3.8, 4) is 5.75 Å². The molecule has 31 heavy (non-hydrogen) atoms. The Morgan fingerprint density at radius 2 is 2.00 bits per heavy atom. The van der Waals surface area contributed by atoms with Gasteiger partial charge >= 0.3 is 5.97 Å². The van der Waals surface area contributed by atoms with Crippen molar-refractivity contribution in [2.45, 2.75) is 51.2 Å². The van der Waals surface area contributed by atoms with E-state index in [1.165, 1.54) is 5.56 Å². The maximum absolute atomic E-state index is 11.1. The molecule has 0 spiro atoms. The van der Waals surface area contributed by atoms with Gasteiger partial charge in [0.25, 0.3) is 0 Å². The largest absolute Gasteiger partial charge is 0.482 e. The monoisotopic (exact) mass is 506 g/mol.